The number of pyridine rings is 1. The summed E-state index contributed by atoms with van der Waals surface area (Å²) in [6, 6.07) is 3.69. The summed E-state index contributed by atoms with van der Waals surface area (Å²) in [7, 11) is 1.36. The highest BCUT2D eigenvalue weighted by Crippen LogP contribution is 2.41. The van der Waals surface area contributed by atoms with Gasteiger partial charge in [0.25, 0.3) is 6.43 Å². The lowest BCUT2D eigenvalue weighted by Gasteiger charge is -2.29. The van der Waals surface area contributed by atoms with Crippen LogP contribution in [0.15, 0.2) is 24.3 Å². The van der Waals surface area contributed by atoms with E-state index in [1.165, 1.54) is 17.7 Å². The average Bonchev–Trinajstić information content (AvgIpc) is 3.21. The van der Waals surface area contributed by atoms with Gasteiger partial charge in [-0.2, -0.15) is 31.3 Å². The third-order valence-corrected chi connectivity index (χ3v) is 7.10. The molecular weight excluding hydrogens is 595 g/mol. The summed E-state index contributed by atoms with van der Waals surface area (Å²) in [6.45, 7) is 2.25. The van der Waals surface area contributed by atoms with Crippen LogP contribution in [-0.2, 0) is 13.2 Å². The number of aromatic nitrogens is 3. The number of carbonyl (C=O) groups excluding carboxylic acids is 1. The van der Waals surface area contributed by atoms with Gasteiger partial charge in [-0.25, -0.2) is 18.2 Å². The number of halogens is 9. The fourth-order valence-electron chi connectivity index (χ4n) is 4.90. The maximum Gasteiger partial charge on any atom is 0.418 e. The molecule has 0 unspecified atom stereocenters. The molecule has 1 N–H and O–H groups in total. The number of fused-ring (bicyclic) bond motifs is 1. The fourth-order valence-corrected chi connectivity index (χ4v) is 4.90. The summed E-state index contributed by atoms with van der Waals surface area (Å²) in [6.07, 6.45) is -7.12. The first-order valence-electron chi connectivity index (χ1n) is 13.5. The van der Waals surface area contributed by atoms with Gasteiger partial charge < -0.3 is 10.1 Å². The fraction of sp³-hybridized carbons (Fsp3) is 0.536. The number of alkyl halides is 8. The van der Waals surface area contributed by atoms with Crippen molar-refractivity contribution >= 4 is 28.6 Å². The lowest BCUT2D eigenvalue weighted by molar-refractivity contribution is -0.184. The van der Waals surface area contributed by atoms with Crippen LogP contribution in [0.3, 0.4) is 0 Å². The zero-order valence-electron chi connectivity index (χ0n) is 23.6. The van der Waals surface area contributed by atoms with E-state index < -0.39 is 54.2 Å². The van der Waals surface area contributed by atoms with E-state index in [1.807, 2.05) is 0 Å². The SMILES string of the molecule is CC(=O)c1cc2nc(Nc3c(F)cccc3C(F)(F)F)n(C)c2nc1OCC(F)F.CCCC1CCC(C(F)(F)F)CC1. The maximum atomic E-state index is 14.1. The minimum Gasteiger partial charge on any atom is -0.471 e. The van der Waals surface area contributed by atoms with Gasteiger partial charge in [0.05, 0.1) is 22.7 Å². The molecule has 0 saturated heterocycles. The van der Waals surface area contributed by atoms with Gasteiger partial charge in [-0.1, -0.05) is 25.8 Å². The molecule has 2 heterocycles. The number of ketones is 1. The van der Waals surface area contributed by atoms with Crippen molar-refractivity contribution in [3.63, 3.8) is 0 Å². The molecule has 6 nitrogen and oxygen atoms in total. The number of para-hydroxylation sites is 1. The first-order valence-corrected chi connectivity index (χ1v) is 13.5. The van der Waals surface area contributed by atoms with E-state index in [2.05, 4.69) is 22.2 Å². The smallest absolute Gasteiger partial charge is 0.418 e. The Morgan fingerprint density at radius 3 is 2.28 bits per heavy atom. The van der Waals surface area contributed by atoms with E-state index in [4.69, 9.17) is 4.74 Å². The number of imidazole rings is 1. The molecule has 1 fully saturated rings. The number of hydrogen-bond donors (Lipinski definition) is 1. The third kappa shape index (κ3) is 8.75. The van der Waals surface area contributed by atoms with E-state index in [0.29, 0.717) is 24.8 Å². The van der Waals surface area contributed by atoms with Crippen LogP contribution in [-0.4, -0.2) is 39.5 Å². The normalized spacial score (nSPS) is 17.5. The Kier molecular flexibility index (Phi) is 10.9. The van der Waals surface area contributed by atoms with E-state index in [0.717, 1.165) is 44.7 Å². The maximum absolute atomic E-state index is 14.1. The Labute approximate surface area is 241 Å². The quantitative estimate of drug-likeness (QED) is 0.200. The lowest BCUT2D eigenvalue weighted by Crippen LogP contribution is -2.27. The predicted molar refractivity (Wildman–Crippen MR) is 141 cm³/mol. The zero-order chi connectivity index (χ0) is 32.1. The van der Waals surface area contributed by atoms with E-state index in [-0.39, 0.29) is 28.6 Å². The number of nitrogens with zero attached hydrogens (tertiary/aromatic N) is 3. The monoisotopic (exact) mass is 626 g/mol. The largest absolute Gasteiger partial charge is 0.471 e. The molecule has 3 aromatic rings. The second kappa shape index (κ2) is 13.8. The second-order valence-electron chi connectivity index (χ2n) is 10.3. The number of anilines is 2. The molecule has 43 heavy (non-hydrogen) atoms. The van der Waals surface area contributed by atoms with Crippen LogP contribution in [0.4, 0.5) is 51.1 Å². The summed E-state index contributed by atoms with van der Waals surface area (Å²) >= 11 is 0. The molecular formula is C28H31F9N4O2. The van der Waals surface area contributed by atoms with Crippen molar-refractivity contribution in [3.05, 3.63) is 41.2 Å². The van der Waals surface area contributed by atoms with Crippen LogP contribution in [0.2, 0.25) is 0 Å². The van der Waals surface area contributed by atoms with Gasteiger partial charge in [-0.15, -0.1) is 0 Å². The Hall–Kier alpha value is -3.52. The van der Waals surface area contributed by atoms with Crippen molar-refractivity contribution < 1.29 is 49.0 Å². The van der Waals surface area contributed by atoms with Gasteiger partial charge in [-0.05, 0) is 56.7 Å². The van der Waals surface area contributed by atoms with Gasteiger partial charge in [0.15, 0.2) is 18.0 Å². The molecule has 238 valence electrons. The minimum absolute atomic E-state index is 0.0247. The van der Waals surface area contributed by atoms with Crippen LogP contribution >= 0.6 is 0 Å². The highest BCUT2D eigenvalue weighted by Gasteiger charge is 2.41. The number of nitrogens with one attached hydrogen (secondary N) is 1. The van der Waals surface area contributed by atoms with Crippen molar-refractivity contribution in [2.24, 2.45) is 18.9 Å². The molecule has 1 aliphatic carbocycles. The average molecular weight is 627 g/mol. The highest BCUT2D eigenvalue weighted by molar-refractivity contribution is 5.99. The highest BCUT2D eigenvalue weighted by atomic mass is 19.4. The topological polar surface area (TPSA) is 69.0 Å². The molecule has 0 spiro atoms. The number of rotatable bonds is 8. The van der Waals surface area contributed by atoms with Crippen molar-refractivity contribution in [3.8, 4) is 5.88 Å². The molecule has 2 aromatic heterocycles. The summed E-state index contributed by atoms with van der Waals surface area (Å²) in [5.41, 5.74) is -2.12. The van der Waals surface area contributed by atoms with Gasteiger partial charge in [0.1, 0.15) is 11.3 Å². The third-order valence-electron chi connectivity index (χ3n) is 7.10. The molecule has 0 aliphatic heterocycles. The number of Topliss-reactive ketones (excluding diaryl/α,β-unsaturated/α-hetero) is 1. The molecule has 0 bridgehead atoms. The Bertz CT molecular complexity index is 1400. The molecule has 1 saturated carbocycles. The molecule has 0 atom stereocenters. The molecule has 15 heteroatoms. The number of ether oxygens (including phenoxy) is 1. The Morgan fingerprint density at radius 1 is 1.09 bits per heavy atom. The number of benzene rings is 1. The van der Waals surface area contributed by atoms with E-state index in [9.17, 15) is 44.3 Å². The Morgan fingerprint density at radius 2 is 1.74 bits per heavy atom. The van der Waals surface area contributed by atoms with Crippen molar-refractivity contribution in [2.75, 3.05) is 11.9 Å². The van der Waals surface area contributed by atoms with E-state index in [1.54, 1.807) is 0 Å². The summed E-state index contributed by atoms with van der Waals surface area (Å²) in [5.74, 6) is -2.73. The summed E-state index contributed by atoms with van der Waals surface area (Å²) in [5, 5.41) is 2.29. The molecule has 1 aliphatic rings. The zero-order valence-corrected chi connectivity index (χ0v) is 23.6. The van der Waals surface area contributed by atoms with Gasteiger partial charge >= 0.3 is 12.4 Å². The van der Waals surface area contributed by atoms with Crippen molar-refractivity contribution in [1.29, 1.82) is 0 Å². The molecule has 1 aromatic carbocycles. The molecule has 0 radical (unpaired) electrons. The first kappa shape index (κ1) is 34.0. The predicted octanol–water partition coefficient (Wildman–Crippen LogP) is 8.87. The van der Waals surface area contributed by atoms with Gasteiger partial charge in [-0.3, -0.25) is 9.36 Å². The molecule has 4 rings (SSSR count). The number of aryl methyl sites for hydroxylation is 1. The number of hydrogen-bond acceptors (Lipinski definition) is 5. The second-order valence-corrected chi connectivity index (χ2v) is 10.3. The van der Waals surface area contributed by atoms with Crippen molar-refractivity contribution in [1.82, 2.24) is 14.5 Å². The number of carbonyl (C=O) groups is 1. The van der Waals surface area contributed by atoms with Crippen LogP contribution in [0, 0.1) is 17.7 Å². The van der Waals surface area contributed by atoms with Crippen molar-refractivity contribution in [2.45, 2.75) is 71.2 Å². The first-order chi connectivity index (χ1) is 20.0. The minimum atomic E-state index is -4.83. The lowest BCUT2D eigenvalue weighted by atomic mass is 9.80. The molecule has 0 amide bonds. The Balaban J connectivity index is 0.000000326. The van der Waals surface area contributed by atoms with E-state index >= 15 is 0 Å². The standard InChI is InChI=1S/C18H14F6N4O2.C10H17F3/c1-8(29)9-6-12-15(27-16(9)30-7-13(20)21)28(2)17(25-12)26-14-10(18(22,23)24)4-3-5-11(14)19;1-2-3-8-4-6-9(7-5-8)10(11,12)13/h3-6,13H,7H2,1-2H3,(H,25,26);8-9H,2-7H2,1H3. The van der Waals surface area contributed by atoms with Crippen LogP contribution in [0.5, 0.6) is 5.88 Å². The van der Waals surface area contributed by atoms with Crippen LogP contribution < -0.4 is 10.1 Å². The van der Waals surface area contributed by atoms with Crippen LogP contribution in [0.25, 0.3) is 11.2 Å². The van der Waals surface area contributed by atoms with Crippen LogP contribution in [0.1, 0.15) is 68.3 Å². The summed E-state index contributed by atoms with van der Waals surface area (Å²) < 4.78 is 122. The van der Waals surface area contributed by atoms with Gasteiger partial charge in [0, 0.05) is 7.05 Å². The van der Waals surface area contributed by atoms with Gasteiger partial charge in [0.2, 0.25) is 11.8 Å². The summed E-state index contributed by atoms with van der Waals surface area (Å²) in [4.78, 5) is 19.8.